The van der Waals surface area contributed by atoms with E-state index in [1.54, 1.807) is 18.2 Å². The zero-order chi connectivity index (χ0) is 14.4. The molecular weight excluding hydrogens is 331 g/mol. The smallest absolute Gasteiger partial charge is 0.348 e. The Morgan fingerprint density at radius 2 is 1.53 bits per heavy atom. The van der Waals surface area contributed by atoms with Gasteiger partial charge in [0.25, 0.3) is 0 Å². The fourth-order valence-corrected chi connectivity index (χ4v) is 2.80. The molecule has 0 spiro atoms. The average Bonchev–Trinajstić information content (AvgIpc) is 2.98. The van der Waals surface area contributed by atoms with Gasteiger partial charge in [-0.25, -0.2) is 9.59 Å². The van der Waals surface area contributed by atoms with Crippen LogP contribution in [0, 0.1) is 0 Å². The molecular formula is C11H8Cl2O4S2. The van der Waals surface area contributed by atoms with E-state index >= 15 is 0 Å². The highest BCUT2D eigenvalue weighted by molar-refractivity contribution is 7.18. The second-order valence-corrected chi connectivity index (χ2v) is 6.43. The fraction of sp³-hybridized carbons (Fsp3) is 0.0909. The van der Waals surface area contributed by atoms with Crippen LogP contribution in [0.25, 0.3) is 0 Å². The van der Waals surface area contributed by atoms with Gasteiger partial charge in [-0.15, -0.1) is 22.7 Å². The van der Waals surface area contributed by atoms with E-state index < -0.39 is 5.97 Å². The second-order valence-electron chi connectivity index (χ2n) is 3.00. The molecule has 2 aromatic rings. The van der Waals surface area contributed by atoms with Gasteiger partial charge >= 0.3 is 11.9 Å². The van der Waals surface area contributed by atoms with Crippen molar-refractivity contribution in [3.8, 4) is 0 Å². The first-order chi connectivity index (χ1) is 8.93. The second kappa shape index (κ2) is 7.49. The van der Waals surface area contributed by atoms with Crippen molar-refractivity contribution >= 4 is 57.8 Å². The molecule has 0 saturated heterocycles. The van der Waals surface area contributed by atoms with E-state index in [1.165, 1.54) is 24.5 Å². The largest absolute Gasteiger partial charge is 0.477 e. The molecule has 0 fully saturated rings. The maximum absolute atomic E-state index is 10.8. The summed E-state index contributed by atoms with van der Waals surface area (Å²) in [4.78, 5) is 21.7. The van der Waals surface area contributed by atoms with Crippen molar-refractivity contribution in [2.45, 2.75) is 0 Å². The minimum atomic E-state index is -0.924. The quantitative estimate of drug-likeness (QED) is 0.829. The van der Waals surface area contributed by atoms with Crippen LogP contribution in [0.2, 0.25) is 8.67 Å². The molecule has 19 heavy (non-hydrogen) atoms. The summed E-state index contributed by atoms with van der Waals surface area (Å²) in [6.07, 6.45) is 0. The summed E-state index contributed by atoms with van der Waals surface area (Å²) in [5, 5.41) is 8.35. The summed E-state index contributed by atoms with van der Waals surface area (Å²) >= 11 is 13.3. The summed E-state index contributed by atoms with van der Waals surface area (Å²) in [6.45, 7) is 0. The number of carbonyl (C=O) groups excluding carboxylic acids is 1. The molecule has 8 heteroatoms. The minimum absolute atomic E-state index is 0.278. The maximum atomic E-state index is 10.8. The topological polar surface area (TPSA) is 63.6 Å². The number of carboxylic acids is 1. The average molecular weight is 339 g/mol. The molecule has 0 saturated carbocycles. The summed E-state index contributed by atoms with van der Waals surface area (Å²) < 4.78 is 5.57. The lowest BCUT2D eigenvalue weighted by Gasteiger charge is -1.90. The van der Waals surface area contributed by atoms with Crippen LogP contribution in [0.15, 0.2) is 24.3 Å². The lowest BCUT2D eigenvalue weighted by atomic mass is 10.5. The number of hydrogen-bond donors (Lipinski definition) is 1. The highest BCUT2D eigenvalue weighted by Gasteiger charge is 2.06. The third kappa shape index (κ3) is 5.20. The van der Waals surface area contributed by atoms with Gasteiger partial charge in [0.05, 0.1) is 15.8 Å². The van der Waals surface area contributed by atoms with Crippen molar-refractivity contribution in [3.05, 3.63) is 42.7 Å². The van der Waals surface area contributed by atoms with E-state index in [9.17, 15) is 9.59 Å². The first-order valence-corrected chi connectivity index (χ1v) is 7.15. The summed E-state index contributed by atoms with van der Waals surface area (Å²) in [5.41, 5.74) is 0. The zero-order valence-corrected chi connectivity index (χ0v) is 12.7. The van der Waals surface area contributed by atoms with Gasteiger partial charge in [-0.05, 0) is 24.3 Å². The van der Waals surface area contributed by atoms with Gasteiger partial charge in [-0.1, -0.05) is 23.2 Å². The van der Waals surface area contributed by atoms with E-state index in [0.29, 0.717) is 13.5 Å². The molecule has 2 heterocycles. The molecule has 0 amide bonds. The van der Waals surface area contributed by atoms with E-state index in [-0.39, 0.29) is 10.8 Å². The Labute approximate surface area is 127 Å². The Morgan fingerprint density at radius 3 is 1.79 bits per heavy atom. The molecule has 2 aromatic heterocycles. The van der Waals surface area contributed by atoms with Gasteiger partial charge in [-0.3, -0.25) is 0 Å². The molecule has 2 rings (SSSR count). The molecule has 0 radical (unpaired) electrons. The van der Waals surface area contributed by atoms with Gasteiger partial charge in [0.1, 0.15) is 9.75 Å². The normalized spacial score (nSPS) is 9.42. The van der Waals surface area contributed by atoms with Gasteiger partial charge in [0.2, 0.25) is 0 Å². The van der Waals surface area contributed by atoms with Crippen molar-refractivity contribution in [1.82, 2.24) is 0 Å². The van der Waals surface area contributed by atoms with Crippen LogP contribution in [0.1, 0.15) is 19.3 Å². The van der Waals surface area contributed by atoms with Gasteiger partial charge < -0.3 is 9.84 Å². The fourth-order valence-electron chi connectivity index (χ4n) is 0.954. The van der Waals surface area contributed by atoms with Gasteiger partial charge in [0, 0.05) is 0 Å². The number of hydrogen-bond acceptors (Lipinski definition) is 5. The third-order valence-corrected chi connectivity index (χ3v) is 4.17. The lowest BCUT2D eigenvalue weighted by molar-refractivity contribution is 0.0605. The molecule has 102 valence electrons. The first kappa shape index (κ1) is 16.0. The van der Waals surface area contributed by atoms with Crippen molar-refractivity contribution < 1.29 is 19.4 Å². The van der Waals surface area contributed by atoms with Gasteiger partial charge in [-0.2, -0.15) is 0 Å². The van der Waals surface area contributed by atoms with Crippen molar-refractivity contribution in [2.24, 2.45) is 0 Å². The molecule has 0 bridgehead atoms. The predicted octanol–water partition coefficient (Wildman–Crippen LogP) is 4.29. The standard InChI is InChI=1S/C6H5ClO2S.C5H3ClO2S/c1-9-6(8)4-2-3-5(7)10-4;6-4-2-1-3(9-4)5(7)8/h2-3H,1H3;1-2H,(H,7,8). The van der Waals surface area contributed by atoms with E-state index in [4.69, 9.17) is 28.3 Å². The molecule has 0 aliphatic rings. The molecule has 1 N–H and O–H groups in total. The summed E-state index contributed by atoms with van der Waals surface area (Å²) in [5.74, 6) is -1.26. The maximum Gasteiger partial charge on any atom is 0.348 e. The number of ether oxygens (including phenoxy) is 1. The van der Waals surface area contributed by atoms with Crippen LogP contribution in [-0.4, -0.2) is 24.2 Å². The van der Waals surface area contributed by atoms with Crippen LogP contribution in [-0.2, 0) is 4.74 Å². The molecule has 0 aliphatic heterocycles. The van der Waals surface area contributed by atoms with E-state index in [0.717, 1.165) is 11.3 Å². The van der Waals surface area contributed by atoms with Crippen molar-refractivity contribution in [2.75, 3.05) is 7.11 Å². The Hall–Kier alpha value is -1.08. The van der Waals surface area contributed by atoms with Crippen molar-refractivity contribution in [3.63, 3.8) is 0 Å². The minimum Gasteiger partial charge on any atom is -0.477 e. The van der Waals surface area contributed by atoms with Crippen LogP contribution >= 0.6 is 45.9 Å². The number of esters is 1. The number of methoxy groups -OCH3 is 1. The Bertz CT molecular complexity index is 577. The molecule has 0 atom stereocenters. The number of thiophene rings is 2. The van der Waals surface area contributed by atoms with Crippen molar-refractivity contribution in [1.29, 1.82) is 0 Å². The number of halogens is 2. The van der Waals surface area contributed by atoms with Crippen LogP contribution < -0.4 is 0 Å². The summed E-state index contributed by atoms with van der Waals surface area (Å²) in [7, 11) is 1.34. The lowest BCUT2D eigenvalue weighted by Crippen LogP contribution is -1.96. The third-order valence-electron chi connectivity index (χ3n) is 1.74. The van der Waals surface area contributed by atoms with Crippen LogP contribution in [0.5, 0.6) is 0 Å². The Morgan fingerprint density at radius 1 is 1.05 bits per heavy atom. The highest BCUT2D eigenvalue weighted by Crippen LogP contribution is 2.21. The Balaban J connectivity index is 0.000000191. The summed E-state index contributed by atoms with van der Waals surface area (Å²) in [6, 6.07) is 6.35. The monoisotopic (exact) mass is 338 g/mol. The first-order valence-electron chi connectivity index (χ1n) is 4.76. The number of rotatable bonds is 2. The van der Waals surface area contributed by atoms with Gasteiger partial charge in [0.15, 0.2) is 0 Å². The SMILES string of the molecule is COC(=O)c1ccc(Cl)s1.O=C(O)c1ccc(Cl)s1. The molecule has 0 aliphatic carbocycles. The number of carboxylic acid groups (broad SMARTS) is 1. The Kier molecular flexibility index (Phi) is 6.30. The van der Waals surface area contributed by atoms with Crippen LogP contribution in [0.3, 0.4) is 0 Å². The molecule has 4 nitrogen and oxygen atoms in total. The molecule has 0 aromatic carbocycles. The van der Waals surface area contributed by atoms with E-state index in [1.807, 2.05) is 0 Å². The number of carbonyl (C=O) groups is 2. The highest BCUT2D eigenvalue weighted by atomic mass is 35.5. The van der Waals surface area contributed by atoms with E-state index in [2.05, 4.69) is 4.74 Å². The predicted molar refractivity (Wildman–Crippen MR) is 77.0 cm³/mol. The number of aromatic carboxylic acids is 1. The zero-order valence-electron chi connectivity index (χ0n) is 9.55. The van der Waals surface area contributed by atoms with Crippen LogP contribution in [0.4, 0.5) is 0 Å². The molecule has 0 unspecified atom stereocenters.